The highest BCUT2D eigenvalue weighted by Gasteiger charge is 2.24. The smallest absolute Gasteiger partial charge is 0.305 e. The molecule has 2 N–H and O–H groups in total. The molecule has 0 aliphatic rings. The number of hydrogen-bond donors (Lipinski definition) is 2. The van der Waals surface area contributed by atoms with Crippen molar-refractivity contribution >= 4 is 11.9 Å². The largest absolute Gasteiger partial charge is 0.497 e. The predicted molar refractivity (Wildman–Crippen MR) is 66.8 cm³/mol. The van der Waals surface area contributed by atoms with Crippen LogP contribution in [0.3, 0.4) is 0 Å². The van der Waals surface area contributed by atoms with Gasteiger partial charge in [-0.25, -0.2) is 0 Å². The van der Waals surface area contributed by atoms with Gasteiger partial charge in [0.2, 0.25) is 0 Å². The molecule has 0 bridgehead atoms. The van der Waals surface area contributed by atoms with Gasteiger partial charge in [-0.3, -0.25) is 9.59 Å². The molecule has 0 aromatic heterocycles. The van der Waals surface area contributed by atoms with Gasteiger partial charge in [-0.15, -0.1) is 0 Å². The SMILES string of the molecule is COc1ccc(C(=O)NC(C)(C)CC(=O)O)cc1. The highest BCUT2D eigenvalue weighted by molar-refractivity contribution is 5.95. The lowest BCUT2D eigenvalue weighted by atomic mass is 10.00. The Bertz CT molecular complexity index is 437. The molecule has 5 nitrogen and oxygen atoms in total. The lowest BCUT2D eigenvalue weighted by molar-refractivity contribution is -0.138. The molecule has 18 heavy (non-hydrogen) atoms. The summed E-state index contributed by atoms with van der Waals surface area (Å²) in [6.07, 6.45) is -0.130. The first-order valence-corrected chi connectivity index (χ1v) is 5.52. The summed E-state index contributed by atoms with van der Waals surface area (Å²) in [6.45, 7) is 3.34. The van der Waals surface area contributed by atoms with E-state index < -0.39 is 11.5 Å². The van der Waals surface area contributed by atoms with Crippen molar-refractivity contribution in [1.82, 2.24) is 5.32 Å². The maximum Gasteiger partial charge on any atom is 0.305 e. The zero-order valence-electron chi connectivity index (χ0n) is 10.7. The number of carbonyl (C=O) groups is 2. The van der Waals surface area contributed by atoms with Crippen molar-refractivity contribution in [1.29, 1.82) is 0 Å². The van der Waals surface area contributed by atoms with E-state index in [4.69, 9.17) is 9.84 Å². The number of carboxylic acids is 1. The number of ether oxygens (including phenoxy) is 1. The third-order valence-electron chi connectivity index (χ3n) is 2.40. The van der Waals surface area contributed by atoms with E-state index in [9.17, 15) is 9.59 Å². The minimum Gasteiger partial charge on any atom is -0.497 e. The van der Waals surface area contributed by atoms with Crippen LogP contribution in [0.15, 0.2) is 24.3 Å². The number of carbonyl (C=O) groups excluding carboxylic acids is 1. The van der Waals surface area contributed by atoms with Crippen LogP contribution in [0.5, 0.6) is 5.75 Å². The summed E-state index contributed by atoms with van der Waals surface area (Å²) in [5, 5.41) is 11.4. The minimum absolute atomic E-state index is 0.130. The van der Waals surface area contributed by atoms with Crippen molar-refractivity contribution in [2.75, 3.05) is 7.11 Å². The molecule has 1 aromatic carbocycles. The van der Waals surface area contributed by atoms with E-state index in [1.54, 1.807) is 45.2 Å². The van der Waals surface area contributed by atoms with Crippen LogP contribution in [0, 0.1) is 0 Å². The highest BCUT2D eigenvalue weighted by atomic mass is 16.5. The van der Waals surface area contributed by atoms with Gasteiger partial charge in [-0.05, 0) is 38.1 Å². The second-order valence-electron chi connectivity index (χ2n) is 4.64. The molecule has 0 unspecified atom stereocenters. The van der Waals surface area contributed by atoms with Gasteiger partial charge in [-0.2, -0.15) is 0 Å². The Kier molecular flexibility index (Phi) is 4.31. The number of nitrogens with one attached hydrogen (secondary N) is 1. The standard InChI is InChI=1S/C13H17NO4/c1-13(2,8-11(15)16)14-12(17)9-4-6-10(18-3)7-5-9/h4-7H,8H2,1-3H3,(H,14,17)(H,15,16). The van der Waals surface area contributed by atoms with Crippen LogP contribution < -0.4 is 10.1 Å². The number of hydrogen-bond acceptors (Lipinski definition) is 3. The lowest BCUT2D eigenvalue weighted by Gasteiger charge is -2.24. The molecule has 0 spiro atoms. The Labute approximate surface area is 106 Å². The van der Waals surface area contributed by atoms with Crippen LogP contribution >= 0.6 is 0 Å². The van der Waals surface area contributed by atoms with Crippen LogP contribution in [0.2, 0.25) is 0 Å². The second kappa shape index (κ2) is 5.53. The Morgan fingerprint density at radius 3 is 2.28 bits per heavy atom. The van der Waals surface area contributed by atoms with Crippen molar-refractivity contribution in [3.63, 3.8) is 0 Å². The average molecular weight is 251 g/mol. The molecule has 1 amide bonds. The van der Waals surface area contributed by atoms with Gasteiger partial charge in [0, 0.05) is 11.1 Å². The second-order valence-corrected chi connectivity index (χ2v) is 4.64. The Hall–Kier alpha value is -2.04. The van der Waals surface area contributed by atoms with Crippen molar-refractivity contribution in [2.24, 2.45) is 0 Å². The fraction of sp³-hybridized carbons (Fsp3) is 0.385. The molecular formula is C13H17NO4. The number of carboxylic acid groups (broad SMARTS) is 1. The maximum atomic E-state index is 11.9. The van der Waals surface area contributed by atoms with Crippen LogP contribution in [-0.2, 0) is 4.79 Å². The van der Waals surface area contributed by atoms with E-state index in [-0.39, 0.29) is 12.3 Å². The molecule has 0 heterocycles. The highest BCUT2D eigenvalue weighted by Crippen LogP contribution is 2.13. The van der Waals surface area contributed by atoms with E-state index in [1.807, 2.05) is 0 Å². The minimum atomic E-state index is -0.949. The number of rotatable bonds is 5. The molecule has 0 saturated heterocycles. The summed E-state index contributed by atoms with van der Waals surface area (Å²) in [6, 6.07) is 6.62. The van der Waals surface area contributed by atoms with Gasteiger partial charge in [0.25, 0.3) is 5.91 Å². The first kappa shape index (κ1) is 14.0. The molecule has 1 rings (SSSR count). The summed E-state index contributed by atoms with van der Waals surface area (Å²) in [7, 11) is 1.55. The van der Waals surface area contributed by atoms with Crippen molar-refractivity contribution in [3.8, 4) is 5.75 Å². The molecular weight excluding hydrogens is 234 g/mol. The number of methoxy groups -OCH3 is 1. The fourth-order valence-corrected chi connectivity index (χ4v) is 1.54. The van der Waals surface area contributed by atoms with E-state index in [0.29, 0.717) is 11.3 Å². The van der Waals surface area contributed by atoms with Crippen molar-refractivity contribution in [2.45, 2.75) is 25.8 Å². The molecule has 0 atom stereocenters. The third kappa shape index (κ3) is 4.08. The van der Waals surface area contributed by atoms with Gasteiger partial charge in [0.1, 0.15) is 5.75 Å². The number of benzene rings is 1. The van der Waals surface area contributed by atoms with Gasteiger partial charge in [0.05, 0.1) is 13.5 Å². The summed E-state index contributed by atoms with van der Waals surface area (Å²) >= 11 is 0. The number of amides is 1. The molecule has 0 aliphatic heterocycles. The van der Waals surface area contributed by atoms with Crippen LogP contribution in [0.4, 0.5) is 0 Å². The lowest BCUT2D eigenvalue weighted by Crippen LogP contribution is -2.44. The molecule has 0 radical (unpaired) electrons. The Morgan fingerprint density at radius 1 is 1.28 bits per heavy atom. The van der Waals surface area contributed by atoms with Crippen molar-refractivity contribution < 1.29 is 19.4 Å². The monoisotopic (exact) mass is 251 g/mol. The van der Waals surface area contributed by atoms with E-state index in [2.05, 4.69) is 5.32 Å². The molecule has 0 aliphatic carbocycles. The average Bonchev–Trinajstić information content (AvgIpc) is 2.26. The quantitative estimate of drug-likeness (QED) is 0.834. The normalized spacial score (nSPS) is 10.8. The van der Waals surface area contributed by atoms with E-state index >= 15 is 0 Å². The first-order valence-electron chi connectivity index (χ1n) is 5.52. The zero-order valence-corrected chi connectivity index (χ0v) is 10.7. The maximum absolute atomic E-state index is 11.9. The van der Waals surface area contributed by atoms with Crippen LogP contribution in [-0.4, -0.2) is 29.6 Å². The van der Waals surface area contributed by atoms with Gasteiger partial charge in [0.15, 0.2) is 0 Å². The summed E-state index contributed by atoms with van der Waals surface area (Å²) in [5.41, 5.74) is -0.322. The summed E-state index contributed by atoms with van der Waals surface area (Å²) in [5.74, 6) is -0.588. The topological polar surface area (TPSA) is 75.6 Å². The van der Waals surface area contributed by atoms with Gasteiger partial charge >= 0.3 is 5.97 Å². The first-order chi connectivity index (χ1) is 8.34. The van der Waals surface area contributed by atoms with E-state index in [0.717, 1.165) is 0 Å². The Morgan fingerprint density at radius 2 is 1.83 bits per heavy atom. The summed E-state index contributed by atoms with van der Waals surface area (Å²) < 4.78 is 4.99. The predicted octanol–water partition coefficient (Wildman–Crippen LogP) is 1.68. The third-order valence-corrected chi connectivity index (χ3v) is 2.40. The molecule has 0 fully saturated rings. The molecule has 1 aromatic rings. The van der Waals surface area contributed by atoms with E-state index in [1.165, 1.54) is 0 Å². The fourth-order valence-electron chi connectivity index (χ4n) is 1.54. The Balaban J connectivity index is 2.72. The van der Waals surface area contributed by atoms with Crippen LogP contribution in [0.1, 0.15) is 30.6 Å². The molecule has 0 saturated carbocycles. The van der Waals surface area contributed by atoms with Crippen LogP contribution in [0.25, 0.3) is 0 Å². The molecule has 5 heteroatoms. The van der Waals surface area contributed by atoms with Gasteiger partial charge < -0.3 is 15.2 Å². The van der Waals surface area contributed by atoms with Gasteiger partial charge in [-0.1, -0.05) is 0 Å². The summed E-state index contributed by atoms with van der Waals surface area (Å²) in [4.78, 5) is 22.5. The van der Waals surface area contributed by atoms with Crippen molar-refractivity contribution in [3.05, 3.63) is 29.8 Å². The molecule has 98 valence electrons. The number of aliphatic carboxylic acids is 1. The zero-order chi connectivity index (χ0) is 13.8.